The molecule has 1 heterocycles. The minimum Gasteiger partial charge on any atom is -0.494 e. The van der Waals surface area contributed by atoms with Crippen LogP contribution in [0.5, 0.6) is 5.75 Å². The predicted octanol–water partition coefficient (Wildman–Crippen LogP) is 3.43. The van der Waals surface area contributed by atoms with Gasteiger partial charge >= 0.3 is 0 Å². The van der Waals surface area contributed by atoms with Crippen molar-refractivity contribution in [1.82, 2.24) is 9.21 Å². The van der Waals surface area contributed by atoms with Crippen LogP contribution in [0.1, 0.15) is 18.1 Å². The summed E-state index contributed by atoms with van der Waals surface area (Å²) < 4.78 is 61.4. The Morgan fingerprint density at radius 3 is 1.79 bits per heavy atom. The van der Waals surface area contributed by atoms with Crippen molar-refractivity contribution in [3.8, 4) is 5.75 Å². The number of sulfonamides is 2. The van der Waals surface area contributed by atoms with Crippen LogP contribution < -0.4 is 9.04 Å². The topological polar surface area (TPSA) is 104 Å². The summed E-state index contributed by atoms with van der Waals surface area (Å²) in [7, 11) is -7.75. The first-order chi connectivity index (χ1) is 18.5. The quantitative estimate of drug-likeness (QED) is 0.390. The van der Waals surface area contributed by atoms with Gasteiger partial charge in [0.25, 0.3) is 10.0 Å². The zero-order chi connectivity index (χ0) is 28.2. The van der Waals surface area contributed by atoms with Crippen LogP contribution in [0.15, 0.2) is 82.6 Å². The first kappa shape index (κ1) is 28.6. The van der Waals surface area contributed by atoms with E-state index >= 15 is 0 Å². The number of ether oxygens (including phenoxy) is 1. The molecule has 0 bridgehead atoms. The lowest BCUT2D eigenvalue weighted by Gasteiger charge is -2.35. The number of benzene rings is 3. The van der Waals surface area contributed by atoms with E-state index in [1.807, 2.05) is 20.8 Å². The minimum atomic E-state index is -4.06. The van der Waals surface area contributed by atoms with Crippen molar-refractivity contribution >= 4 is 31.6 Å². The number of nitrogens with zero attached hydrogens (tertiary/aromatic N) is 3. The summed E-state index contributed by atoms with van der Waals surface area (Å²) >= 11 is 0. The molecule has 3 aromatic carbocycles. The molecule has 0 saturated carbocycles. The fourth-order valence-corrected chi connectivity index (χ4v) is 7.12. The summed E-state index contributed by atoms with van der Waals surface area (Å²) in [6, 6.07) is 19.6. The van der Waals surface area contributed by atoms with Crippen molar-refractivity contribution in [3.63, 3.8) is 0 Å². The number of aryl methyl sites for hydroxylation is 2. The number of amides is 1. The van der Waals surface area contributed by atoms with Crippen molar-refractivity contribution in [2.24, 2.45) is 0 Å². The van der Waals surface area contributed by atoms with Crippen molar-refractivity contribution in [2.75, 3.05) is 43.6 Å². The molecule has 0 radical (unpaired) electrons. The molecule has 0 aliphatic carbocycles. The first-order valence-corrected chi connectivity index (χ1v) is 15.6. The Hall–Kier alpha value is -3.41. The second-order valence-corrected chi connectivity index (χ2v) is 13.1. The van der Waals surface area contributed by atoms with Gasteiger partial charge in [-0.15, -0.1) is 0 Å². The molecule has 0 atom stereocenters. The van der Waals surface area contributed by atoms with Crippen LogP contribution >= 0.6 is 0 Å². The van der Waals surface area contributed by atoms with Gasteiger partial charge in [-0.25, -0.2) is 16.8 Å². The van der Waals surface area contributed by atoms with E-state index in [4.69, 9.17) is 4.74 Å². The molecule has 1 amide bonds. The van der Waals surface area contributed by atoms with E-state index in [1.54, 1.807) is 60.7 Å². The molecule has 1 saturated heterocycles. The van der Waals surface area contributed by atoms with Gasteiger partial charge in [0.1, 0.15) is 12.3 Å². The molecule has 11 heteroatoms. The maximum atomic E-state index is 13.7. The molecular weight excluding hydrogens is 538 g/mol. The lowest BCUT2D eigenvalue weighted by molar-refractivity contribution is -0.130. The summed E-state index contributed by atoms with van der Waals surface area (Å²) in [4.78, 5) is 15.2. The lowest BCUT2D eigenvalue weighted by atomic mass is 10.2. The average Bonchev–Trinajstić information content (AvgIpc) is 2.93. The van der Waals surface area contributed by atoms with Crippen LogP contribution in [0.4, 0.5) is 5.69 Å². The second kappa shape index (κ2) is 11.8. The molecule has 9 nitrogen and oxygen atoms in total. The number of rotatable bonds is 9. The van der Waals surface area contributed by atoms with E-state index in [2.05, 4.69) is 0 Å². The standard InChI is InChI=1S/C28H33N3O6S2/c1-4-37-25-11-9-24(10-12-25)31(39(35,36)27-15-7-23(3)8-16-27)21-28(32)29-17-19-30(20-18-29)38(33,34)26-13-5-22(2)6-14-26/h5-16H,4,17-21H2,1-3H3. The maximum Gasteiger partial charge on any atom is 0.264 e. The van der Waals surface area contributed by atoms with Crippen LogP contribution in [-0.4, -0.2) is 71.3 Å². The maximum absolute atomic E-state index is 13.7. The number of anilines is 1. The van der Waals surface area contributed by atoms with Crippen molar-refractivity contribution in [3.05, 3.63) is 83.9 Å². The van der Waals surface area contributed by atoms with Crippen LogP contribution in [0.3, 0.4) is 0 Å². The summed E-state index contributed by atoms with van der Waals surface area (Å²) in [6.45, 7) is 6.21. The van der Waals surface area contributed by atoms with E-state index in [-0.39, 0.29) is 36.0 Å². The smallest absolute Gasteiger partial charge is 0.264 e. The molecule has 39 heavy (non-hydrogen) atoms. The molecule has 0 N–H and O–H groups in total. The van der Waals surface area contributed by atoms with Gasteiger partial charge in [-0.05, 0) is 69.3 Å². The highest BCUT2D eigenvalue weighted by Gasteiger charge is 2.33. The zero-order valence-electron chi connectivity index (χ0n) is 22.3. The molecule has 1 fully saturated rings. The van der Waals surface area contributed by atoms with Gasteiger partial charge in [-0.3, -0.25) is 9.10 Å². The highest BCUT2D eigenvalue weighted by molar-refractivity contribution is 7.92. The minimum absolute atomic E-state index is 0.0730. The average molecular weight is 572 g/mol. The predicted molar refractivity (Wildman–Crippen MR) is 150 cm³/mol. The second-order valence-electron chi connectivity index (χ2n) is 9.35. The number of carbonyl (C=O) groups is 1. The molecule has 0 aromatic heterocycles. The van der Waals surface area contributed by atoms with Gasteiger partial charge in [0, 0.05) is 26.2 Å². The number of hydrogen-bond acceptors (Lipinski definition) is 6. The fraction of sp³-hybridized carbons (Fsp3) is 0.321. The van der Waals surface area contributed by atoms with E-state index in [1.165, 1.54) is 21.3 Å². The largest absolute Gasteiger partial charge is 0.494 e. The molecule has 208 valence electrons. The molecule has 0 spiro atoms. The van der Waals surface area contributed by atoms with Crippen LogP contribution in [-0.2, 0) is 24.8 Å². The molecule has 3 aromatic rings. The van der Waals surface area contributed by atoms with Gasteiger partial charge < -0.3 is 9.64 Å². The molecular formula is C28H33N3O6S2. The third kappa shape index (κ3) is 6.43. The van der Waals surface area contributed by atoms with Gasteiger partial charge in [0.2, 0.25) is 15.9 Å². The van der Waals surface area contributed by atoms with Gasteiger partial charge in [0.05, 0.1) is 22.1 Å². The van der Waals surface area contributed by atoms with Crippen molar-refractivity contribution in [2.45, 2.75) is 30.6 Å². The number of piperazine rings is 1. The van der Waals surface area contributed by atoms with Crippen LogP contribution in [0.25, 0.3) is 0 Å². The summed E-state index contributed by atoms with van der Waals surface area (Å²) in [5, 5.41) is 0. The van der Waals surface area contributed by atoms with Crippen molar-refractivity contribution in [1.29, 1.82) is 0 Å². The van der Waals surface area contributed by atoms with E-state index < -0.39 is 32.5 Å². The van der Waals surface area contributed by atoms with Crippen molar-refractivity contribution < 1.29 is 26.4 Å². The van der Waals surface area contributed by atoms with E-state index in [0.717, 1.165) is 15.4 Å². The van der Waals surface area contributed by atoms with E-state index in [0.29, 0.717) is 18.0 Å². The van der Waals surface area contributed by atoms with Gasteiger partial charge in [0.15, 0.2) is 0 Å². The Kier molecular flexibility index (Phi) is 8.63. The molecule has 0 unspecified atom stereocenters. The van der Waals surface area contributed by atoms with Gasteiger partial charge in [-0.2, -0.15) is 4.31 Å². The third-order valence-electron chi connectivity index (χ3n) is 6.57. The Bertz CT molecular complexity index is 1500. The first-order valence-electron chi connectivity index (χ1n) is 12.7. The molecule has 1 aliphatic heterocycles. The highest BCUT2D eigenvalue weighted by atomic mass is 32.2. The fourth-order valence-electron chi connectivity index (χ4n) is 4.29. The lowest BCUT2D eigenvalue weighted by Crippen LogP contribution is -2.53. The van der Waals surface area contributed by atoms with Gasteiger partial charge in [-0.1, -0.05) is 35.4 Å². The Balaban J connectivity index is 1.53. The Morgan fingerprint density at radius 1 is 0.769 bits per heavy atom. The van der Waals surface area contributed by atoms with Crippen LogP contribution in [0.2, 0.25) is 0 Å². The highest BCUT2D eigenvalue weighted by Crippen LogP contribution is 2.27. The molecule has 1 aliphatic rings. The number of carbonyl (C=O) groups excluding carboxylic acids is 1. The Labute approximate surface area is 230 Å². The summed E-state index contributed by atoms with van der Waals surface area (Å²) in [6.07, 6.45) is 0. The zero-order valence-corrected chi connectivity index (χ0v) is 23.9. The Morgan fingerprint density at radius 2 is 1.28 bits per heavy atom. The SMILES string of the molecule is CCOc1ccc(N(CC(=O)N2CCN(S(=O)(=O)c3ccc(C)cc3)CC2)S(=O)(=O)c2ccc(C)cc2)cc1. The molecule has 4 rings (SSSR count). The van der Waals surface area contributed by atoms with E-state index in [9.17, 15) is 21.6 Å². The summed E-state index contributed by atoms with van der Waals surface area (Å²) in [5.41, 5.74) is 2.20. The summed E-state index contributed by atoms with van der Waals surface area (Å²) in [5.74, 6) is 0.179. The normalized spacial score (nSPS) is 14.7. The monoisotopic (exact) mass is 571 g/mol. The third-order valence-corrected chi connectivity index (χ3v) is 10.3. The van der Waals surface area contributed by atoms with Crippen LogP contribution in [0, 0.1) is 13.8 Å². The number of hydrogen-bond donors (Lipinski definition) is 0.